The van der Waals surface area contributed by atoms with E-state index < -0.39 is 0 Å². The Balaban J connectivity index is 1.73. The second-order valence-electron chi connectivity index (χ2n) is 6.37. The van der Waals surface area contributed by atoms with E-state index >= 15 is 0 Å². The number of ether oxygens (including phenoxy) is 2. The predicted octanol–water partition coefficient (Wildman–Crippen LogP) is 3.05. The van der Waals surface area contributed by atoms with E-state index in [4.69, 9.17) is 9.47 Å². The maximum Gasteiger partial charge on any atom is 0.244 e. The van der Waals surface area contributed by atoms with E-state index in [9.17, 15) is 9.59 Å². The molecule has 0 aliphatic rings. The number of hydrogen-bond acceptors (Lipinski definition) is 4. The molecular weight excluding hydrogens is 368 g/mol. The first-order chi connectivity index (χ1) is 14.0. The Hall–Kier alpha value is -3.54. The molecular formula is C23H26N2O4. The highest BCUT2D eigenvalue weighted by molar-refractivity contribution is 5.93. The highest BCUT2D eigenvalue weighted by atomic mass is 16.5. The van der Waals surface area contributed by atoms with Crippen molar-refractivity contribution in [1.82, 2.24) is 10.6 Å². The zero-order valence-electron chi connectivity index (χ0n) is 16.8. The van der Waals surface area contributed by atoms with Gasteiger partial charge in [0.15, 0.2) is 0 Å². The van der Waals surface area contributed by atoms with Gasteiger partial charge in [-0.05, 0) is 54.5 Å². The first kappa shape index (κ1) is 21.8. The van der Waals surface area contributed by atoms with Crippen LogP contribution in [-0.4, -0.2) is 38.6 Å². The number of carbonyl (C=O) groups excluding carboxylic acids is 2. The van der Waals surface area contributed by atoms with Crippen molar-refractivity contribution in [1.29, 1.82) is 0 Å². The van der Waals surface area contributed by atoms with Gasteiger partial charge in [-0.25, -0.2) is 0 Å². The van der Waals surface area contributed by atoms with Gasteiger partial charge >= 0.3 is 0 Å². The minimum absolute atomic E-state index is 0.207. The van der Waals surface area contributed by atoms with Crippen LogP contribution >= 0.6 is 0 Å². The number of nitrogens with one attached hydrogen (secondary N) is 2. The van der Waals surface area contributed by atoms with Crippen molar-refractivity contribution in [2.45, 2.75) is 13.0 Å². The van der Waals surface area contributed by atoms with Gasteiger partial charge in [0.05, 0.1) is 14.2 Å². The van der Waals surface area contributed by atoms with Crippen LogP contribution in [0, 0.1) is 0 Å². The molecule has 0 bridgehead atoms. The van der Waals surface area contributed by atoms with E-state index in [1.807, 2.05) is 55.5 Å². The van der Waals surface area contributed by atoms with Gasteiger partial charge in [-0.2, -0.15) is 0 Å². The SMILES string of the molecule is COc1ccc(/C=C\C(=O)NC[C@H](C)NC(=O)/C=C\c2ccc(OC)cc2)cc1. The molecule has 0 heterocycles. The Kier molecular flexibility index (Phi) is 8.51. The first-order valence-electron chi connectivity index (χ1n) is 9.22. The quantitative estimate of drug-likeness (QED) is 0.641. The summed E-state index contributed by atoms with van der Waals surface area (Å²) in [6.07, 6.45) is 6.36. The van der Waals surface area contributed by atoms with Crippen LogP contribution in [0.4, 0.5) is 0 Å². The lowest BCUT2D eigenvalue weighted by Gasteiger charge is -2.12. The monoisotopic (exact) mass is 394 g/mol. The summed E-state index contributed by atoms with van der Waals surface area (Å²) in [5.41, 5.74) is 1.79. The zero-order valence-corrected chi connectivity index (χ0v) is 16.8. The summed E-state index contributed by atoms with van der Waals surface area (Å²) in [6.45, 7) is 2.15. The van der Waals surface area contributed by atoms with Crippen LogP contribution < -0.4 is 20.1 Å². The number of methoxy groups -OCH3 is 2. The van der Waals surface area contributed by atoms with Crippen LogP contribution in [0.2, 0.25) is 0 Å². The number of benzene rings is 2. The molecule has 0 aliphatic heterocycles. The number of carbonyl (C=O) groups is 2. The molecule has 0 aromatic heterocycles. The van der Waals surface area contributed by atoms with E-state index in [2.05, 4.69) is 10.6 Å². The summed E-state index contributed by atoms with van der Waals surface area (Å²) in [7, 11) is 3.21. The third-order valence-corrected chi connectivity index (χ3v) is 4.06. The van der Waals surface area contributed by atoms with E-state index in [0.717, 1.165) is 22.6 Å². The molecule has 2 rings (SSSR count). The van der Waals surface area contributed by atoms with Gasteiger partial charge in [0.1, 0.15) is 11.5 Å². The Labute approximate surface area is 171 Å². The maximum absolute atomic E-state index is 12.0. The average Bonchev–Trinajstić information content (AvgIpc) is 2.75. The molecule has 0 saturated heterocycles. The van der Waals surface area contributed by atoms with Gasteiger partial charge in [-0.1, -0.05) is 24.3 Å². The summed E-state index contributed by atoms with van der Waals surface area (Å²) in [6, 6.07) is 14.6. The highest BCUT2D eigenvalue weighted by Crippen LogP contribution is 2.13. The number of rotatable bonds is 9. The molecule has 152 valence electrons. The zero-order chi connectivity index (χ0) is 21.1. The van der Waals surface area contributed by atoms with Crippen LogP contribution in [-0.2, 0) is 9.59 Å². The number of amides is 2. The molecule has 2 aromatic carbocycles. The normalized spacial score (nSPS) is 12.0. The van der Waals surface area contributed by atoms with E-state index in [-0.39, 0.29) is 17.9 Å². The summed E-state index contributed by atoms with van der Waals surface area (Å²) >= 11 is 0. The fraction of sp³-hybridized carbons (Fsp3) is 0.217. The van der Waals surface area contributed by atoms with E-state index in [1.165, 1.54) is 12.2 Å². The van der Waals surface area contributed by atoms with Crippen LogP contribution in [0.25, 0.3) is 12.2 Å². The standard InChI is InChI=1S/C23H26N2O4/c1-17(25-23(27)15-9-19-6-12-21(29-3)13-7-19)16-24-22(26)14-8-18-4-10-20(28-2)11-5-18/h4-15,17H,16H2,1-3H3,(H,24,26)(H,25,27)/b14-8-,15-9-/t17-/m0/s1. The largest absolute Gasteiger partial charge is 0.497 e. The lowest BCUT2D eigenvalue weighted by molar-refractivity contribution is -0.118. The van der Waals surface area contributed by atoms with Crippen molar-refractivity contribution in [3.8, 4) is 11.5 Å². The predicted molar refractivity (Wildman–Crippen MR) is 115 cm³/mol. The van der Waals surface area contributed by atoms with Crippen molar-refractivity contribution < 1.29 is 19.1 Å². The molecule has 6 heteroatoms. The summed E-state index contributed by atoms with van der Waals surface area (Å²) in [5, 5.41) is 5.58. The average molecular weight is 394 g/mol. The van der Waals surface area contributed by atoms with Crippen molar-refractivity contribution in [3.05, 3.63) is 71.8 Å². The summed E-state index contributed by atoms with van der Waals surface area (Å²) in [5.74, 6) is 1.07. The smallest absolute Gasteiger partial charge is 0.244 e. The molecule has 2 amide bonds. The van der Waals surface area contributed by atoms with Crippen molar-refractivity contribution in [3.63, 3.8) is 0 Å². The minimum atomic E-state index is -0.226. The minimum Gasteiger partial charge on any atom is -0.497 e. The molecule has 6 nitrogen and oxygen atoms in total. The van der Waals surface area contributed by atoms with E-state index in [1.54, 1.807) is 26.4 Å². The lowest BCUT2D eigenvalue weighted by Crippen LogP contribution is -2.40. The number of hydrogen-bond donors (Lipinski definition) is 2. The molecule has 0 fully saturated rings. The third kappa shape index (κ3) is 7.92. The van der Waals surface area contributed by atoms with Crippen LogP contribution in [0.1, 0.15) is 18.1 Å². The van der Waals surface area contributed by atoms with Crippen molar-refractivity contribution >= 4 is 24.0 Å². The topological polar surface area (TPSA) is 76.7 Å². The van der Waals surface area contributed by atoms with Gasteiger partial charge in [0.2, 0.25) is 11.8 Å². The first-order valence-corrected chi connectivity index (χ1v) is 9.22. The van der Waals surface area contributed by atoms with Crippen molar-refractivity contribution in [2.24, 2.45) is 0 Å². The lowest BCUT2D eigenvalue weighted by atomic mass is 10.2. The van der Waals surface area contributed by atoms with E-state index in [0.29, 0.717) is 6.54 Å². The Morgan fingerprint density at radius 1 is 0.828 bits per heavy atom. The summed E-state index contributed by atoms with van der Waals surface area (Å²) in [4.78, 5) is 23.9. The van der Waals surface area contributed by atoms with Gasteiger partial charge in [0.25, 0.3) is 0 Å². The molecule has 0 aliphatic carbocycles. The summed E-state index contributed by atoms with van der Waals surface area (Å²) < 4.78 is 10.2. The van der Waals surface area contributed by atoms with Gasteiger partial charge in [-0.3, -0.25) is 9.59 Å². The molecule has 1 atom stereocenters. The molecule has 0 saturated carbocycles. The van der Waals surface area contributed by atoms with Gasteiger partial charge < -0.3 is 20.1 Å². The second-order valence-corrected chi connectivity index (χ2v) is 6.37. The van der Waals surface area contributed by atoms with Crippen LogP contribution in [0.5, 0.6) is 11.5 Å². The fourth-order valence-electron chi connectivity index (χ4n) is 2.43. The molecule has 0 unspecified atom stereocenters. The Morgan fingerprint density at radius 2 is 1.28 bits per heavy atom. The second kappa shape index (κ2) is 11.3. The van der Waals surface area contributed by atoms with Gasteiger partial charge in [-0.15, -0.1) is 0 Å². The molecule has 2 aromatic rings. The van der Waals surface area contributed by atoms with Gasteiger partial charge in [0, 0.05) is 24.7 Å². The molecule has 29 heavy (non-hydrogen) atoms. The Morgan fingerprint density at radius 3 is 1.72 bits per heavy atom. The molecule has 2 N–H and O–H groups in total. The Bertz CT molecular complexity index is 855. The fourth-order valence-corrected chi connectivity index (χ4v) is 2.43. The van der Waals surface area contributed by atoms with Crippen LogP contribution in [0.3, 0.4) is 0 Å². The van der Waals surface area contributed by atoms with Crippen LogP contribution in [0.15, 0.2) is 60.7 Å². The third-order valence-electron chi connectivity index (χ3n) is 4.06. The molecule has 0 spiro atoms. The van der Waals surface area contributed by atoms with Crippen molar-refractivity contribution in [2.75, 3.05) is 20.8 Å². The highest BCUT2D eigenvalue weighted by Gasteiger charge is 2.06. The molecule has 0 radical (unpaired) electrons. The maximum atomic E-state index is 12.0.